The molecule has 1 aliphatic carbocycles. The van der Waals surface area contributed by atoms with Gasteiger partial charge in [0, 0.05) is 30.1 Å². The van der Waals surface area contributed by atoms with Gasteiger partial charge in [-0.3, -0.25) is 4.79 Å². The lowest BCUT2D eigenvalue weighted by molar-refractivity contribution is 0.0925. The van der Waals surface area contributed by atoms with Gasteiger partial charge in [-0.2, -0.15) is 0 Å². The van der Waals surface area contributed by atoms with E-state index in [1.165, 1.54) is 46.0 Å². The Kier molecular flexibility index (Phi) is 5.86. The van der Waals surface area contributed by atoms with E-state index in [0.717, 1.165) is 17.7 Å². The Bertz CT molecular complexity index is 1390. The Morgan fingerprint density at radius 1 is 0.971 bits per heavy atom. The zero-order valence-electron chi connectivity index (χ0n) is 21.5. The summed E-state index contributed by atoms with van der Waals surface area (Å²) in [7, 11) is 0. The standard InChI is InChI=1S/C31H36N2O2/c1-20-16-25-26(31(4,5)14-13-30(25,2)3)18-22(20)17-23-10-11-28(35-23)29(34)32-15-12-21-19-33-27-9-7-6-8-24(21)27/h6-11,16,18-19,33H,12-15,17H2,1-5H3,(H,32,34). The van der Waals surface area contributed by atoms with Crippen molar-refractivity contribution in [2.45, 2.75) is 71.1 Å². The van der Waals surface area contributed by atoms with E-state index in [1.807, 2.05) is 24.4 Å². The van der Waals surface area contributed by atoms with Gasteiger partial charge in [-0.15, -0.1) is 0 Å². The number of benzene rings is 2. The van der Waals surface area contributed by atoms with E-state index in [4.69, 9.17) is 4.42 Å². The van der Waals surface area contributed by atoms with Crippen LogP contribution in [0.5, 0.6) is 0 Å². The van der Waals surface area contributed by atoms with E-state index >= 15 is 0 Å². The van der Waals surface area contributed by atoms with Crippen molar-refractivity contribution < 1.29 is 9.21 Å². The average molecular weight is 469 g/mol. The van der Waals surface area contributed by atoms with Crippen molar-refractivity contribution in [3.63, 3.8) is 0 Å². The summed E-state index contributed by atoms with van der Waals surface area (Å²) in [5, 5.41) is 4.21. The third kappa shape index (κ3) is 4.54. The van der Waals surface area contributed by atoms with E-state index in [9.17, 15) is 4.79 Å². The van der Waals surface area contributed by atoms with Crippen LogP contribution in [0.3, 0.4) is 0 Å². The van der Waals surface area contributed by atoms with Crippen LogP contribution in [-0.4, -0.2) is 17.4 Å². The Hall–Kier alpha value is -3.27. The number of aryl methyl sites for hydroxylation is 1. The summed E-state index contributed by atoms with van der Waals surface area (Å²) in [6.07, 6.45) is 5.88. The minimum atomic E-state index is -0.166. The van der Waals surface area contributed by atoms with Crippen molar-refractivity contribution in [1.29, 1.82) is 0 Å². The Balaban J connectivity index is 1.26. The van der Waals surface area contributed by atoms with E-state index in [0.29, 0.717) is 18.7 Å². The molecule has 0 atom stereocenters. The number of carbonyl (C=O) groups excluding carboxylic acids is 1. The highest BCUT2D eigenvalue weighted by molar-refractivity contribution is 5.91. The molecule has 4 nitrogen and oxygen atoms in total. The zero-order chi connectivity index (χ0) is 24.8. The normalized spacial score (nSPS) is 16.3. The average Bonchev–Trinajstić information content (AvgIpc) is 3.45. The molecule has 0 fully saturated rings. The second-order valence-electron chi connectivity index (χ2n) is 11.4. The maximum atomic E-state index is 12.7. The quantitative estimate of drug-likeness (QED) is 0.321. The van der Waals surface area contributed by atoms with Gasteiger partial charge in [0.1, 0.15) is 5.76 Å². The van der Waals surface area contributed by atoms with Crippen molar-refractivity contribution in [3.05, 3.63) is 94.1 Å². The second kappa shape index (κ2) is 8.75. The lowest BCUT2D eigenvalue weighted by Gasteiger charge is -2.42. The number of H-pyrrole nitrogens is 1. The monoisotopic (exact) mass is 468 g/mol. The van der Waals surface area contributed by atoms with Gasteiger partial charge in [0.15, 0.2) is 5.76 Å². The molecule has 0 radical (unpaired) electrons. The SMILES string of the molecule is Cc1cc2c(cc1Cc1ccc(C(=O)NCCc3c[nH]c4ccccc34)o1)C(C)(C)CCC2(C)C. The van der Waals surface area contributed by atoms with E-state index in [-0.39, 0.29) is 16.7 Å². The fraction of sp³-hybridized carbons (Fsp3) is 0.387. The van der Waals surface area contributed by atoms with Gasteiger partial charge in [-0.25, -0.2) is 0 Å². The number of para-hydroxylation sites is 1. The number of hydrogen-bond donors (Lipinski definition) is 2. The highest BCUT2D eigenvalue weighted by Gasteiger charge is 2.37. The number of furan rings is 1. The first-order chi connectivity index (χ1) is 16.6. The van der Waals surface area contributed by atoms with Crippen molar-refractivity contribution >= 4 is 16.8 Å². The number of carbonyl (C=O) groups is 1. The van der Waals surface area contributed by atoms with Crippen LogP contribution in [0.25, 0.3) is 10.9 Å². The van der Waals surface area contributed by atoms with Gasteiger partial charge < -0.3 is 14.7 Å². The molecular formula is C31H36N2O2. The molecule has 2 aromatic carbocycles. The molecule has 1 amide bonds. The number of aromatic nitrogens is 1. The van der Waals surface area contributed by atoms with Gasteiger partial charge in [0.25, 0.3) is 5.91 Å². The second-order valence-corrected chi connectivity index (χ2v) is 11.4. The van der Waals surface area contributed by atoms with Crippen molar-refractivity contribution in [2.75, 3.05) is 6.54 Å². The molecule has 35 heavy (non-hydrogen) atoms. The molecule has 2 aromatic heterocycles. The number of nitrogens with one attached hydrogen (secondary N) is 2. The first kappa shape index (κ1) is 23.5. The van der Waals surface area contributed by atoms with Crippen molar-refractivity contribution in [1.82, 2.24) is 10.3 Å². The van der Waals surface area contributed by atoms with Crippen LogP contribution < -0.4 is 5.32 Å². The molecule has 182 valence electrons. The summed E-state index contributed by atoms with van der Waals surface area (Å²) in [4.78, 5) is 16.0. The van der Waals surface area contributed by atoms with Crippen molar-refractivity contribution in [3.8, 4) is 0 Å². The molecule has 4 heteroatoms. The molecule has 1 aliphatic rings. The van der Waals surface area contributed by atoms with Gasteiger partial charge >= 0.3 is 0 Å². The summed E-state index contributed by atoms with van der Waals surface area (Å²) in [5.41, 5.74) is 8.19. The highest BCUT2D eigenvalue weighted by atomic mass is 16.3. The minimum absolute atomic E-state index is 0.166. The molecule has 0 saturated heterocycles. The van der Waals surface area contributed by atoms with Crippen LogP contribution in [0.15, 0.2) is 59.1 Å². The Morgan fingerprint density at radius 3 is 2.46 bits per heavy atom. The lowest BCUT2D eigenvalue weighted by Crippen LogP contribution is -2.34. The topological polar surface area (TPSA) is 58.0 Å². The third-order valence-corrected chi connectivity index (χ3v) is 7.91. The zero-order valence-corrected chi connectivity index (χ0v) is 21.5. The maximum absolute atomic E-state index is 12.7. The fourth-order valence-corrected chi connectivity index (χ4v) is 5.48. The molecule has 4 aromatic rings. The molecular weight excluding hydrogens is 432 g/mol. The minimum Gasteiger partial charge on any atom is -0.456 e. The van der Waals surface area contributed by atoms with Crippen LogP contribution in [-0.2, 0) is 23.7 Å². The summed E-state index contributed by atoms with van der Waals surface area (Å²) in [5.74, 6) is 1.03. The van der Waals surface area contributed by atoms with Gasteiger partial charge in [0.2, 0.25) is 0 Å². The van der Waals surface area contributed by atoms with Crippen LogP contribution in [0, 0.1) is 6.92 Å². The molecule has 0 aliphatic heterocycles. The summed E-state index contributed by atoms with van der Waals surface area (Å²) < 4.78 is 5.98. The van der Waals surface area contributed by atoms with Crippen molar-refractivity contribution in [2.24, 2.45) is 0 Å². The first-order valence-corrected chi connectivity index (χ1v) is 12.7. The van der Waals surface area contributed by atoms with Gasteiger partial charge in [0.05, 0.1) is 0 Å². The number of amides is 1. The number of aromatic amines is 1. The van der Waals surface area contributed by atoms with E-state index < -0.39 is 0 Å². The largest absolute Gasteiger partial charge is 0.456 e. The first-order valence-electron chi connectivity index (χ1n) is 12.7. The molecule has 0 bridgehead atoms. The maximum Gasteiger partial charge on any atom is 0.287 e. The molecule has 0 saturated carbocycles. The van der Waals surface area contributed by atoms with Crippen LogP contribution in [0.4, 0.5) is 0 Å². The smallest absolute Gasteiger partial charge is 0.287 e. The summed E-state index contributed by atoms with van der Waals surface area (Å²) in [6.45, 7) is 12.2. The van der Waals surface area contributed by atoms with Crippen LogP contribution in [0.2, 0.25) is 0 Å². The predicted molar refractivity (Wildman–Crippen MR) is 142 cm³/mol. The van der Waals surface area contributed by atoms with Gasteiger partial charge in [-0.1, -0.05) is 58.0 Å². The summed E-state index contributed by atoms with van der Waals surface area (Å²) in [6, 6.07) is 16.7. The number of hydrogen-bond acceptors (Lipinski definition) is 2. The van der Waals surface area contributed by atoms with Crippen LogP contribution >= 0.6 is 0 Å². The Morgan fingerprint density at radius 2 is 1.69 bits per heavy atom. The molecule has 5 rings (SSSR count). The fourth-order valence-electron chi connectivity index (χ4n) is 5.48. The molecule has 2 heterocycles. The number of fused-ring (bicyclic) bond motifs is 2. The van der Waals surface area contributed by atoms with E-state index in [1.54, 1.807) is 6.07 Å². The summed E-state index contributed by atoms with van der Waals surface area (Å²) >= 11 is 0. The lowest BCUT2D eigenvalue weighted by atomic mass is 9.62. The van der Waals surface area contributed by atoms with Gasteiger partial charge in [-0.05, 0) is 83.0 Å². The third-order valence-electron chi connectivity index (χ3n) is 7.91. The Labute approximate surface area is 208 Å². The van der Waals surface area contributed by atoms with E-state index in [2.05, 4.69) is 69.2 Å². The molecule has 0 spiro atoms. The van der Waals surface area contributed by atoms with Crippen LogP contribution in [0.1, 0.15) is 84.7 Å². The highest BCUT2D eigenvalue weighted by Crippen LogP contribution is 2.46. The predicted octanol–water partition coefficient (Wildman–Crippen LogP) is 6.98. The molecule has 2 N–H and O–H groups in total. The molecule has 0 unspecified atom stereocenters. The number of rotatable bonds is 6.